The van der Waals surface area contributed by atoms with E-state index in [-0.39, 0.29) is 11.9 Å². The average Bonchev–Trinajstić information content (AvgIpc) is 2.19. The van der Waals surface area contributed by atoms with E-state index in [1.54, 1.807) is 0 Å². The Labute approximate surface area is 97.3 Å². The standard InChI is InChI=1S/C11H23N3O2/c1-9(12)7-11(15)13-3-4-14-5-6-16-8-10(14)2/h9-10H,3-8,12H2,1-2H3,(H,13,15). The number of carbonyl (C=O) groups is 1. The van der Waals surface area contributed by atoms with Crippen LogP contribution in [0.3, 0.4) is 0 Å². The molecule has 0 aliphatic carbocycles. The van der Waals surface area contributed by atoms with Gasteiger partial charge < -0.3 is 15.8 Å². The van der Waals surface area contributed by atoms with E-state index in [4.69, 9.17) is 10.5 Å². The minimum atomic E-state index is -0.0673. The van der Waals surface area contributed by atoms with Crippen LogP contribution in [0.1, 0.15) is 20.3 Å². The lowest BCUT2D eigenvalue weighted by Crippen LogP contribution is -2.47. The molecule has 1 aliphatic heterocycles. The zero-order valence-corrected chi connectivity index (χ0v) is 10.2. The van der Waals surface area contributed by atoms with Gasteiger partial charge in [-0.2, -0.15) is 0 Å². The predicted molar refractivity (Wildman–Crippen MR) is 63.1 cm³/mol. The Morgan fingerprint density at radius 1 is 1.69 bits per heavy atom. The van der Waals surface area contributed by atoms with E-state index >= 15 is 0 Å². The molecule has 2 atom stereocenters. The van der Waals surface area contributed by atoms with Gasteiger partial charge in [0, 0.05) is 38.1 Å². The smallest absolute Gasteiger partial charge is 0.221 e. The number of carbonyl (C=O) groups excluding carboxylic acids is 1. The van der Waals surface area contributed by atoms with Gasteiger partial charge in [-0.05, 0) is 13.8 Å². The molecular formula is C11H23N3O2. The van der Waals surface area contributed by atoms with E-state index in [1.807, 2.05) is 6.92 Å². The highest BCUT2D eigenvalue weighted by Gasteiger charge is 2.18. The molecule has 5 nitrogen and oxygen atoms in total. The van der Waals surface area contributed by atoms with Crippen LogP contribution in [0.25, 0.3) is 0 Å². The van der Waals surface area contributed by atoms with Crippen molar-refractivity contribution < 1.29 is 9.53 Å². The SMILES string of the molecule is CC(N)CC(=O)NCCN1CCOCC1C. The van der Waals surface area contributed by atoms with Gasteiger partial charge >= 0.3 is 0 Å². The van der Waals surface area contributed by atoms with Crippen LogP contribution in [-0.4, -0.2) is 55.7 Å². The Balaban J connectivity index is 2.12. The molecule has 1 heterocycles. The fraction of sp³-hybridized carbons (Fsp3) is 0.909. The summed E-state index contributed by atoms with van der Waals surface area (Å²) in [5.74, 6) is 0.0379. The van der Waals surface area contributed by atoms with Gasteiger partial charge in [-0.3, -0.25) is 9.69 Å². The molecule has 1 saturated heterocycles. The quantitative estimate of drug-likeness (QED) is 0.671. The highest BCUT2D eigenvalue weighted by atomic mass is 16.5. The molecule has 94 valence electrons. The van der Waals surface area contributed by atoms with E-state index in [0.717, 1.165) is 26.3 Å². The molecule has 1 rings (SSSR count). The Hall–Kier alpha value is -0.650. The lowest BCUT2D eigenvalue weighted by atomic mass is 10.2. The van der Waals surface area contributed by atoms with Crippen LogP contribution >= 0.6 is 0 Å². The van der Waals surface area contributed by atoms with Gasteiger partial charge in [-0.1, -0.05) is 0 Å². The van der Waals surface area contributed by atoms with Gasteiger partial charge in [0.05, 0.1) is 13.2 Å². The van der Waals surface area contributed by atoms with Gasteiger partial charge in [0.1, 0.15) is 0 Å². The molecule has 16 heavy (non-hydrogen) atoms. The van der Waals surface area contributed by atoms with Crippen molar-refractivity contribution in [3.05, 3.63) is 0 Å². The molecule has 0 saturated carbocycles. The number of rotatable bonds is 5. The maximum Gasteiger partial charge on any atom is 0.221 e. The Morgan fingerprint density at radius 2 is 2.44 bits per heavy atom. The first kappa shape index (κ1) is 13.4. The summed E-state index contributed by atoms with van der Waals surface area (Å²) >= 11 is 0. The third-order valence-corrected chi connectivity index (χ3v) is 2.73. The van der Waals surface area contributed by atoms with Crippen LogP contribution in [0.4, 0.5) is 0 Å². The van der Waals surface area contributed by atoms with Crippen LogP contribution in [-0.2, 0) is 9.53 Å². The molecule has 0 aromatic rings. The van der Waals surface area contributed by atoms with Crippen LogP contribution < -0.4 is 11.1 Å². The fourth-order valence-electron chi connectivity index (χ4n) is 1.80. The normalized spacial score (nSPS) is 24.1. The Kier molecular flexibility index (Phi) is 5.73. The summed E-state index contributed by atoms with van der Waals surface area (Å²) in [4.78, 5) is 13.7. The number of hydrogen-bond donors (Lipinski definition) is 2. The number of nitrogens with two attached hydrogens (primary N) is 1. The number of ether oxygens (including phenoxy) is 1. The lowest BCUT2D eigenvalue weighted by molar-refractivity contribution is -0.121. The van der Waals surface area contributed by atoms with Crippen molar-refractivity contribution in [2.45, 2.75) is 32.4 Å². The van der Waals surface area contributed by atoms with E-state index in [0.29, 0.717) is 19.0 Å². The largest absolute Gasteiger partial charge is 0.379 e. The molecule has 3 N–H and O–H groups in total. The van der Waals surface area contributed by atoms with E-state index < -0.39 is 0 Å². The molecule has 2 unspecified atom stereocenters. The molecule has 0 spiro atoms. The first-order valence-corrected chi connectivity index (χ1v) is 5.93. The minimum Gasteiger partial charge on any atom is -0.379 e. The number of amides is 1. The van der Waals surface area contributed by atoms with Crippen LogP contribution in [0.2, 0.25) is 0 Å². The number of morpholine rings is 1. The molecule has 1 fully saturated rings. The number of nitrogens with zero attached hydrogens (tertiary/aromatic N) is 1. The Morgan fingerprint density at radius 3 is 3.06 bits per heavy atom. The highest BCUT2D eigenvalue weighted by Crippen LogP contribution is 2.04. The molecule has 0 aromatic heterocycles. The van der Waals surface area contributed by atoms with Crippen molar-refractivity contribution in [1.82, 2.24) is 10.2 Å². The average molecular weight is 229 g/mol. The third kappa shape index (κ3) is 4.92. The summed E-state index contributed by atoms with van der Waals surface area (Å²) in [6.45, 7) is 8.08. The molecule has 5 heteroatoms. The second-order valence-electron chi connectivity index (χ2n) is 4.49. The fourth-order valence-corrected chi connectivity index (χ4v) is 1.80. The highest BCUT2D eigenvalue weighted by molar-refractivity contribution is 5.76. The Bertz CT molecular complexity index is 221. The van der Waals surface area contributed by atoms with Crippen molar-refractivity contribution in [3.63, 3.8) is 0 Å². The summed E-state index contributed by atoms with van der Waals surface area (Å²) in [6, 6.07) is 0.376. The second kappa shape index (κ2) is 6.83. The first-order chi connectivity index (χ1) is 7.59. The first-order valence-electron chi connectivity index (χ1n) is 5.93. The van der Waals surface area contributed by atoms with Gasteiger partial charge in [0.15, 0.2) is 0 Å². The summed E-state index contributed by atoms with van der Waals surface area (Å²) in [7, 11) is 0. The van der Waals surface area contributed by atoms with Gasteiger partial charge in [-0.25, -0.2) is 0 Å². The van der Waals surface area contributed by atoms with Gasteiger partial charge in [-0.15, -0.1) is 0 Å². The van der Waals surface area contributed by atoms with E-state index in [1.165, 1.54) is 0 Å². The van der Waals surface area contributed by atoms with Gasteiger partial charge in [0.2, 0.25) is 5.91 Å². The topological polar surface area (TPSA) is 67.6 Å². The summed E-state index contributed by atoms with van der Waals surface area (Å²) < 4.78 is 5.35. The molecule has 0 bridgehead atoms. The summed E-state index contributed by atoms with van der Waals surface area (Å²) in [5, 5.41) is 2.88. The van der Waals surface area contributed by atoms with Gasteiger partial charge in [0.25, 0.3) is 0 Å². The zero-order valence-electron chi connectivity index (χ0n) is 10.2. The minimum absolute atomic E-state index is 0.0379. The molecule has 0 aromatic carbocycles. The molecule has 1 amide bonds. The van der Waals surface area contributed by atoms with Crippen molar-refractivity contribution in [3.8, 4) is 0 Å². The molecule has 0 radical (unpaired) electrons. The lowest BCUT2D eigenvalue weighted by Gasteiger charge is -2.33. The van der Waals surface area contributed by atoms with Crippen molar-refractivity contribution in [2.24, 2.45) is 5.73 Å². The number of hydrogen-bond acceptors (Lipinski definition) is 4. The maximum atomic E-state index is 11.3. The monoisotopic (exact) mass is 229 g/mol. The molecule has 1 aliphatic rings. The molecular weight excluding hydrogens is 206 g/mol. The number of nitrogens with one attached hydrogen (secondary N) is 1. The predicted octanol–water partition coefficient (Wildman–Crippen LogP) is -0.439. The van der Waals surface area contributed by atoms with Crippen molar-refractivity contribution >= 4 is 5.91 Å². The summed E-state index contributed by atoms with van der Waals surface area (Å²) in [5.41, 5.74) is 5.54. The maximum absolute atomic E-state index is 11.3. The van der Waals surface area contributed by atoms with Crippen molar-refractivity contribution in [2.75, 3.05) is 32.8 Å². The van der Waals surface area contributed by atoms with Crippen molar-refractivity contribution in [1.29, 1.82) is 0 Å². The van der Waals surface area contributed by atoms with Crippen LogP contribution in [0, 0.1) is 0 Å². The van der Waals surface area contributed by atoms with Crippen LogP contribution in [0.5, 0.6) is 0 Å². The van der Waals surface area contributed by atoms with E-state index in [9.17, 15) is 4.79 Å². The third-order valence-electron chi connectivity index (χ3n) is 2.73. The van der Waals surface area contributed by atoms with Crippen LogP contribution in [0.15, 0.2) is 0 Å². The zero-order chi connectivity index (χ0) is 12.0. The summed E-state index contributed by atoms with van der Waals surface area (Å²) in [6.07, 6.45) is 0.401. The van der Waals surface area contributed by atoms with E-state index in [2.05, 4.69) is 17.1 Å². The second-order valence-corrected chi connectivity index (χ2v) is 4.49.